The second-order valence-electron chi connectivity index (χ2n) is 4.77. The van der Waals surface area contributed by atoms with E-state index >= 15 is 0 Å². The highest BCUT2D eigenvalue weighted by molar-refractivity contribution is 7.60. The van der Waals surface area contributed by atoms with Gasteiger partial charge in [0.2, 0.25) is 0 Å². The molecule has 0 radical (unpaired) electrons. The average molecular weight is 384 g/mol. The number of nitrogens with one attached hydrogen (secondary N) is 1. The zero-order valence-corrected chi connectivity index (χ0v) is 14.0. The highest BCUT2D eigenvalue weighted by Crippen LogP contribution is 2.57. The van der Waals surface area contributed by atoms with Gasteiger partial charge in [-0.1, -0.05) is 0 Å². The summed E-state index contributed by atoms with van der Waals surface area (Å²) in [6, 6.07) is 0. The normalized spacial score (nSPS) is 20.3. The quantitative estimate of drug-likeness (QED) is 0.483. The molecule has 0 aromatic carbocycles. The Hall–Kier alpha value is -1.52. The molecule has 134 valence electrons. The minimum absolute atomic E-state index is 0.0549. The second-order valence-corrected chi connectivity index (χ2v) is 7.60. The van der Waals surface area contributed by atoms with Crippen LogP contribution in [0, 0.1) is 6.92 Å². The fourth-order valence-corrected chi connectivity index (χ4v) is 3.42. The monoisotopic (exact) mass is 384 g/mol. The lowest BCUT2D eigenvalue weighted by molar-refractivity contribution is 0.0569. The SMILES string of the molecule is Cc1cn([C@H]2CC=C(COP(=O)(O)OP(=O)(O)O)O2)c(=O)[nH]c1=O. The van der Waals surface area contributed by atoms with Crippen LogP contribution in [0.15, 0.2) is 27.6 Å². The van der Waals surface area contributed by atoms with Gasteiger partial charge in [0.15, 0.2) is 6.23 Å². The third kappa shape index (κ3) is 4.99. The van der Waals surface area contributed by atoms with Gasteiger partial charge in [0.05, 0.1) is 0 Å². The minimum Gasteiger partial charge on any atom is -0.472 e. The molecule has 1 aromatic rings. The molecule has 0 spiro atoms. The molecule has 0 fully saturated rings. The molecule has 4 N–H and O–H groups in total. The summed E-state index contributed by atoms with van der Waals surface area (Å²) < 4.78 is 36.3. The number of phosphoric acid groups is 2. The van der Waals surface area contributed by atoms with Gasteiger partial charge in [0.25, 0.3) is 5.56 Å². The molecule has 0 bridgehead atoms. The molecule has 14 heteroatoms. The summed E-state index contributed by atoms with van der Waals surface area (Å²) in [6.07, 6.45) is 2.17. The maximum absolute atomic E-state index is 11.7. The molecule has 0 amide bonds. The number of hydrogen-bond acceptors (Lipinski definition) is 7. The lowest BCUT2D eigenvalue weighted by Crippen LogP contribution is -2.33. The Labute approximate surface area is 134 Å². The van der Waals surface area contributed by atoms with Crippen LogP contribution in [-0.4, -0.2) is 30.8 Å². The van der Waals surface area contributed by atoms with Crippen molar-refractivity contribution in [1.29, 1.82) is 0 Å². The van der Waals surface area contributed by atoms with Gasteiger partial charge in [0.1, 0.15) is 12.4 Å². The van der Waals surface area contributed by atoms with Crippen molar-refractivity contribution in [3.05, 3.63) is 44.4 Å². The summed E-state index contributed by atoms with van der Waals surface area (Å²) in [5.74, 6) is 0.0549. The first-order valence-electron chi connectivity index (χ1n) is 6.39. The van der Waals surface area contributed by atoms with Crippen LogP contribution < -0.4 is 11.2 Å². The summed E-state index contributed by atoms with van der Waals surface area (Å²) in [4.78, 5) is 51.3. The van der Waals surface area contributed by atoms with Crippen LogP contribution in [0.3, 0.4) is 0 Å². The molecular formula is C10H14N2O10P2. The van der Waals surface area contributed by atoms with Crippen LogP contribution in [0.1, 0.15) is 18.2 Å². The van der Waals surface area contributed by atoms with Crippen LogP contribution in [0.25, 0.3) is 0 Å². The molecular weight excluding hydrogens is 370 g/mol. The number of rotatable bonds is 6. The number of H-pyrrole nitrogens is 1. The Morgan fingerprint density at radius 3 is 2.67 bits per heavy atom. The zero-order valence-electron chi connectivity index (χ0n) is 12.2. The van der Waals surface area contributed by atoms with E-state index in [9.17, 15) is 18.7 Å². The average Bonchev–Trinajstić information content (AvgIpc) is 2.87. The largest absolute Gasteiger partial charge is 0.481 e. The van der Waals surface area contributed by atoms with Crippen LogP contribution in [0.2, 0.25) is 0 Å². The standard InChI is InChI=1S/C10H14N2O10P2/c1-6-4-12(10(14)11-9(6)13)8-3-2-7(21-8)5-20-24(18,19)22-23(15,16)17/h2,4,8H,3,5H2,1H3,(H,18,19)(H,11,13,14)(H2,15,16,17)/t8-/m1/s1. The highest BCUT2D eigenvalue weighted by atomic mass is 31.3. The number of aromatic amines is 1. The first kappa shape index (κ1) is 18.8. The van der Waals surface area contributed by atoms with Crippen LogP contribution >= 0.6 is 15.6 Å². The van der Waals surface area contributed by atoms with Crippen molar-refractivity contribution in [2.75, 3.05) is 6.61 Å². The molecule has 1 unspecified atom stereocenters. The van der Waals surface area contributed by atoms with E-state index in [1.165, 1.54) is 19.2 Å². The Morgan fingerprint density at radius 2 is 2.04 bits per heavy atom. The molecule has 1 aliphatic heterocycles. The van der Waals surface area contributed by atoms with Crippen molar-refractivity contribution in [3.63, 3.8) is 0 Å². The predicted molar refractivity (Wildman–Crippen MR) is 77.8 cm³/mol. The van der Waals surface area contributed by atoms with E-state index in [2.05, 4.69) is 13.8 Å². The molecule has 2 rings (SSSR count). The van der Waals surface area contributed by atoms with Crippen molar-refractivity contribution >= 4 is 15.6 Å². The third-order valence-electron chi connectivity index (χ3n) is 2.87. The summed E-state index contributed by atoms with van der Waals surface area (Å²) in [7, 11) is -10.2. The molecule has 0 saturated heterocycles. The maximum atomic E-state index is 11.7. The molecule has 24 heavy (non-hydrogen) atoms. The zero-order chi connectivity index (χ0) is 18.1. The van der Waals surface area contributed by atoms with Gasteiger partial charge in [-0.2, -0.15) is 4.31 Å². The Bertz CT molecular complexity index is 865. The molecule has 0 aliphatic carbocycles. The number of phosphoric ester groups is 1. The lowest BCUT2D eigenvalue weighted by Gasteiger charge is -2.17. The highest BCUT2D eigenvalue weighted by Gasteiger charge is 2.33. The third-order valence-corrected chi connectivity index (χ3v) is 5.00. The minimum atomic E-state index is -5.20. The smallest absolute Gasteiger partial charge is 0.472 e. The fourth-order valence-electron chi connectivity index (χ4n) is 1.87. The molecule has 0 saturated carbocycles. The predicted octanol–water partition coefficient (Wildman–Crippen LogP) is -0.126. The number of nitrogens with zero attached hydrogens (tertiary/aromatic N) is 1. The van der Waals surface area contributed by atoms with Crippen molar-refractivity contribution < 1.29 is 37.4 Å². The topological polar surface area (TPSA) is 177 Å². The number of hydrogen-bond donors (Lipinski definition) is 4. The number of aromatic nitrogens is 2. The summed E-state index contributed by atoms with van der Waals surface area (Å²) in [5.41, 5.74) is -0.928. The van der Waals surface area contributed by atoms with Crippen molar-refractivity contribution in [2.24, 2.45) is 0 Å². The summed E-state index contributed by atoms with van der Waals surface area (Å²) in [6.45, 7) is 0.893. The van der Waals surface area contributed by atoms with Crippen LogP contribution in [0.5, 0.6) is 0 Å². The lowest BCUT2D eigenvalue weighted by atomic mass is 10.3. The molecule has 1 aliphatic rings. The van der Waals surface area contributed by atoms with E-state index in [1.807, 2.05) is 0 Å². The Kier molecular flexibility index (Phi) is 5.31. The van der Waals surface area contributed by atoms with Crippen LogP contribution in [-0.2, 0) is 22.7 Å². The molecule has 1 aromatic heterocycles. The Morgan fingerprint density at radius 1 is 1.38 bits per heavy atom. The fraction of sp³-hybridized carbons (Fsp3) is 0.400. The van der Waals surface area contributed by atoms with Crippen molar-refractivity contribution in [2.45, 2.75) is 19.6 Å². The van der Waals surface area contributed by atoms with Crippen molar-refractivity contribution in [1.82, 2.24) is 9.55 Å². The van der Waals surface area contributed by atoms with Gasteiger partial charge < -0.3 is 19.4 Å². The van der Waals surface area contributed by atoms with Gasteiger partial charge in [-0.25, -0.2) is 13.9 Å². The molecule has 2 atom stereocenters. The number of aryl methyl sites for hydroxylation is 1. The van der Waals surface area contributed by atoms with E-state index < -0.39 is 39.7 Å². The van der Waals surface area contributed by atoms with Gasteiger partial charge >= 0.3 is 21.3 Å². The van der Waals surface area contributed by atoms with E-state index in [0.717, 1.165) is 4.57 Å². The second kappa shape index (κ2) is 6.77. The number of ether oxygens (including phenoxy) is 1. The molecule has 2 heterocycles. The van der Waals surface area contributed by atoms with Crippen molar-refractivity contribution in [3.8, 4) is 0 Å². The van der Waals surface area contributed by atoms with Gasteiger partial charge in [-0.05, 0) is 13.0 Å². The maximum Gasteiger partial charge on any atom is 0.481 e. The van der Waals surface area contributed by atoms with Gasteiger partial charge in [-0.3, -0.25) is 18.9 Å². The van der Waals surface area contributed by atoms with E-state index in [0.29, 0.717) is 0 Å². The first-order chi connectivity index (χ1) is 11.0. The Balaban J connectivity index is 2.00. The van der Waals surface area contributed by atoms with E-state index in [-0.39, 0.29) is 17.7 Å². The van der Waals surface area contributed by atoms with Crippen LogP contribution in [0.4, 0.5) is 0 Å². The van der Waals surface area contributed by atoms with Gasteiger partial charge in [-0.15, -0.1) is 0 Å². The first-order valence-corrected chi connectivity index (χ1v) is 9.41. The summed E-state index contributed by atoms with van der Waals surface area (Å²) >= 11 is 0. The summed E-state index contributed by atoms with van der Waals surface area (Å²) in [5, 5.41) is 0. The van der Waals surface area contributed by atoms with E-state index in [4.69, 9.17) is 19.4 Å². The van der Waals surface area contributed by atoms with Gasteiger partial charge in [0, 0.05) is 18.2 Å². The molecule has 12 nitrogen and oxygen atoms in total. The van der Waals surface area contributed by atoms with E-state index in [1.54, 1.807) is 0 Å².